The Hall–Kier alpha value is -10.4. The molecular formula is C65H60F3N5O13. The molecule has 3 heterocycles. The van der Waals surface area contributed by atoms with E-state index in [1.165, 1.54) is 90.1 Å². The second-order valence-electron chi connectivity index (χ2n) is 19.3. The quantitative estimate of drug-likeness (QED) is 0.0460. The van der Waals surface area contributed by atoms with Gasteiger partial charge in [-0.25, -0.2) is 32.3 Å². The van der Waals surface area contributed by atoms with Gasteiger partial charge in [0, 0.05) is 59.0 Å². The van der Waals surface area contributed by atoms with Crippen LogP contribution in [-0.4, -0.2) is 109 Å². The van der Waals surface area contributed by atoms with Crippen molar-refractivity contribution in [2.24, 2.45) is 0 Å². The third-order valence-electron chi connectivity index (χ3n) is 13.3. The molecule has 0 fully saturated rings. The van der Waals surface area contributed by atoms with Crippen LogP contribution in [0.1, 0.15) is 122 Å². The molecule has 0 spiro atoms. The van der Waals surface area contributed by atoms with Crippen LogP contribution in [0.2, 0.25) is 0 Å². The number of nitrogens with zero attached hydrogens (tertiary/aromatic N) is 3. The van der Waals surface area contributed by atoms with Crippen molar-refractivity contribution in [3.63, 3.8) is 0 Å². The van der Waals surface area contributed by atoms with E-state index in [4.69, 9.17) is 23.7 Å². The maximum absolute atomic E-state index is 13.2. The molecule has 0 atom stereocenters. The molecule has 0 unspecified atom stereocenters. The summed E-state index contributed by atoms with van der Waals surface area (Å²) in [7, 11) is 6.47. The molecule has 18 nitrogen and oxygen atoms in total. The van der Waals surface area contributed by atoms with Gasteiger partial charge in [0.25, 0.3) is 11.8 Å². The number of phenolic OH excluding ortho intramolecular Hbond substituents is 1. The SMILES string of the molecule is CCCNC(=O)c1cc(C(=O)OC)c(O)c2ncc(Cc3ccc(F)cc3)cc12.CCCNC(=O)c1cc(C(=O)OC)c(OC)c2ncc(Cc3ccc(F)cc3)cc12.COC(=O)c1cc(C(=O)O)c2cc(Cc3ccc(F)cc3)cnc2c1OC. The Kier molecular flexibility index (Phi) is 21.4. The predicted molar refractivity (Wildman–Crippen MR) is 314 cm³/mol. The van der Waals surface area contributed by atoms with Gasteiger partial charge >= 0.3 is 23.9 Å². The lowest BCUT2D eigenvalue weighted by Crippen LogP contribution is -2.25. The lowest BCUT2D eigenvalue weighted by molar-refractivity contribution is 0.0587. The maximum atomic E-state index is 13.2. The highest BCUT2D eigenvalue weighted by atomic mass is 19.1. The number of aromatic nitrogens is 3. The smallest absolute Gasteiger partial charge is 0.341 e. The minimum atomic E-state index is -1.20. The van der Waals surface area contributed by atoms with Crippen LogP contribution < -0.4 is 20.1 Å². The number of amides is 2. The summed E-state index contributed by atoms with van der Waals surface area (Å²) in [6.45, 7) is 4.85. The van der Waals surface area contributed by atoms with Crippen LogP contribution in [0.5, 0.6) is 17.2 Å². The van der Waals surface area contributed by atoms with Crippen molar-refractivity contribution in [3.8, 4) is 17.2 Å². The number of phenols is 1. The van der Waals surface area contributed by atoms with Gasteiger partial charge in [-0.05, 0) is 138 Å². The number of esters is 3. The van der Waals surface area contributed by atoms with E-state index in [9.17, 15) is 52.2 Å². The molecule has 0 aliphatic rings. The lowest BCUT2D eigenvalue weighted by atomic mass is 9.98. The van der Waals surface area contributed by atoms with Gasteiger partial charge in [-0.3, -0.25) is 24.5 Å². The summed E-state index contributed by atoms with van der Waals surface area (Å²) in [5, 5.41) is 27.0. The van der Waals surface area contributed by atoms with Crippen LogP contribution in [0.4, 0.5) is 13.2 Å². The number of nitrogens with one attached hydrogen (secondary N) is 2. The molecule has 3 aromatic heterocycles. The molecule has 0 saturated heterocycles. The Bertz CT molecular complexity index is 3990. The van der Waals surface area contributed by atoms with Gasteiger partial charge < -0.3 is 44.5 Å². The number of carboxylic acid groups (broad SMARTS) is 1. The number of carbonyl (C=O) groups excluding carboxylic acids is 5. The Morgan fingerprint density at radius 2 is 0.744 bits per heavy atom. The molecule has 0 radical (unpaired) electrons. The van der Waals surface area contributed by atoms with Crippen LogP contribution in [0.25, 0.3) is 32.7 Å². The minimum Gasteiger partial charge on any atom is -0.505 e. The summed E-state index contributed by atoms with van der Waals surface area (Å²) in [5.74, 6) is -4.86. The zero-order valence-corrected chi connectivity index (χ0v) is 47.9. The normalized spacial score (nSPS) is 10.7. The molecule has 21 heteroatoms. The third kappa shape index (κ3) is 15.0. The summed E-state index contributed by atoms with van der Waals surface area (Å²) < 4.78 is 64.4. The predicted octanol–water partition coefficient (Wildman–Crippen LogP) is 11.0. The second kappa shape index (κ2) is 29.2. The van der Waals surface area contributed by atoms with E-state index in [1.54, 1.807) is 67.1 Å². The van der Waals surface area contributed by atoms with Crippen molar-refractivity contribution in [1.29, 1.82) is 0 Å². The van der Waals surface area contributed by atoms with E-state index in [-0.39, 0.29) is 85.4 Å². The van der Waals surface area contributed by atoms with Crippen molar-refractivity contribution in [3.05, 3.63) is 212 Å². The fraction of sp³-hybridized carbons (Fsp3) is 0.215. The van der Waals surface area contributed by atoms with E-state index >= 15 is 0 Å². The number of fused-ring (bicyclic) bond motifs is 3. The first-order valence-corrected chi connectivity index (χ1v) is 26.8. The number of aromatic carboxylic acids is 1. The van der Waals surface area contributed by atoms with Crippen LogP contribution in [0.3, 0.4) is 0 Å². The van der Waals surface area contributed by atoms with E-state index in [0.29, 0.717) is 59.6 Å². The monoisotopic (exact) mass is 1180 g/mol. The van der Waals surface area contributed by atoms with Gasteiger partial charge in [0.2, 0.25) is 0 Å². The van der Waals surface area contributed by atoms with Crippen molar-refractivity contribution in [1.82, 2.24) is 25.6 Å². The molecule has 9 aromatic rings. The standard InChI is InChI=1S/C23H23FN2O4.C22H21FN2O4.C20H16FNO5/c1-4-9-25-22(27)18-12-19(23(28)30-3)21(29-2)20-17(18)11-15(13-26-20)10-14-5-7-16(24)8-6-14;1-3-8-24-21(27)17-11-18(22(28)29-2)20(26)19-16(17)10-14(12-25-19)9-13-4-6-15(23)7-5-13;1-26-18-16(20(25)27-2)9-15(19(23)24)14-8-12(10-22-17(14)18)7-11-3-5-13(21)6-4-11/h5-8,11-13H,4,9-10H2,1-3H3,(H,25,27);4-7,10-12,26H,3,8-9H2,1-2H3,(H,24,27);3-6,8-10H,7H2,1-2H3,(H,23,24). The third-order valence-corrected chi connectivity index (χ3v) is 13.3. The van der Waals surface area contributed by atoms with Gasteiger partial charge in [-0.15, -0.1) is 0 Å². The summed E-state index contributed by atoms with van der Waals surface area (Å²) in [6, 6.07) is 27.6. The molecule has 9 rings (SSSR count). The summed E-state index contributed by atoms with van der Waals surface area (Å²) >= 11 is 0. The van der Waals surface area contributed by atoms with Crippen LogP contribution in [-0.2, 0) is 33.5 Å². The number of carboxylic acids is 1. The lowest BCUT2D eigenvalue weighted by Gasteiger charge is -2.15. The molecule has 444 valence electrons. The van der Waals surface area contributed by atoms with Crippen LogP contribution in [0.15, 0.2) is 128 Å². The first-order chi connectivity index (χ1) is 41.4. The molecular weight excluding hydrogens is 1120 g/mol. The van der Waals surface area contributed by atoms with Crippen molar-refractivity contribution in [2.75, 3.05) is 48.6 Å². The zero-order chi connectivity index (χ0) is 62.2. The Balaban J connectivity index is 0.000000185. The minimum absolute atomic E-state index is 0.0105. The first-order valence-electron chi connectivity index (χ1n) is 26.8. The topological polar surface area (TPSA) is 252 Å². The maximum Gasteiger partial charge on any atom is 0.341 e. The van der Waals surface area contributed by atoms with Crippen LogP contribution >= 0.6 is 0 Å². The highest BCUT2D eigenvalue weighted by Crippen LogP contribution is 2.36. The number of carbonyl (C=O) groups is 6. The van der Waals surface area contributed by atoms with Crippen LogP contribution in [0, 0.1) is 17.5 Å². The Morgan fingerprint density at radius 1 is 0.430 bits per heavy atom. The van der Waals surface area contributed by atoms with E-state index in [1.807, 2.05) is 19.9 Å². The molecule has 0 aliphatic heterocycles. The average molecular weight is 1180 g/mol. The largest absolute Gasteiger partial charge is 0.505 e. The van der Waals surface area contributed by atoms with Crippen molar-refractivity contribution in [2.45, 2.75) is 46.0 Å². The highest BCUT2D eigenvalue weighted by Gasteiger charge is 2.26. The average Bonchev–Trinajstić information content (AvgIpc) is 1.01. The number of methoxy groups -OCH3 is 5. The van der Waals surface area contributed by atoms with Gasteiger partial charge in [-0.2, -0.15) is 0 Å². The molecule has 86 heavy (non-hydrogen) atoms. The number of hydrogen-bond donors (Lipinski definition) is 4. The van der Waals surface area contributed by atoms with E-state index < -0.39 is 23.9 Å². The van der Waals surface area contributed by atoms with Gasteiger partial charge in [0.05, 0.1) is 41.1 Å². The number of ether oxygens (including phenoxy) is 5. The molecule has 0 bridgehead atoms. The van der Waals surface area contributed by atoms with Gasteiger partial charge in [-0.1, -0.05) is 50.2 Å². The van der Waals surface area contributed by atoms with Crippen molar-refractivity contribution < 1.29 is 75.8 Å². The number of benzene rings is 6. The highest BCUT2D eigenvalue weighted by molar-refractivity contribution is 6.13. The molecule has 2 amide bonds. The summed E-state index contributed by atoms with van der Waals surface area (Å²) in [4.78, 5) is 86.6. The number of halogens is 3. The fourth-order valence-electron chi connectivity index (χ4n) is 9.17. The zero-order valence-electron chi connectivity index (χ0n) is 47.9. The molecule has 0 aliphatic carbocycles. The molecule has 4 N–H and O–H groups in total. The number of aromatic hydroxyl groups is 1. The summed E-state index contributed by atoms with van der Waals surface area (Å²) in [6.07, 6.45) is 7.74. The Labute approximate surface area is 491 Å². The first kappa shape index (κ1) is 63.1. The summed E-state index contributed by atoms with van der Waals surface area (Å²) in [5.41, 5.74) is 6.22. The molecule has 6 aromatic carbocycles. The van der Waals surface area contributed by atoms with E-state index in [0.717, 1.165) is 46.2 Å². The van der Waals surface area contributed by atoms with Gasteiger partial charge in [0.15, 0.2) is 17.2 Å². The van der Waals surface area contributed by atoms with Crippen molar-refractivity contribution >= 4 is 68.4 Å². The molecule has 0 saturated carbocycles. The van der Waals surface area contributed by atoms with Gasteiger partial charge in [0.1, 0.15) is 50.7 Å². The Morgan fingerprint density at radius 3 is 1.08 bits per heavy atom. The van der Waals surface area contributed by atoms with E-state index in [2.05, 4.69) is 25.6 Å². The number of rotatable bonds is 18. The fourth-order valence-corrected chi connectivity index (χ4v) is 9.17. The second-order valence-corrected chi connectivity index (χ2v) is 19.3. The number of hydrogen-bond acceptors (Lipinski definition) is 15. The number of pyridine rings is 3.